The summed E-state index contributed by atoms with van der Waals surface area (Å²) in [4.78, 5) is 33.8. The molecule has 1 saturated heterocycles. The maximum absolute atomic E-state index is 14.5. The largest absolute Gasteiger partial charge is 0.439 e. The summed E-state index contributed by atoms with van der Waals surface area (Å²) in [6, 6.07) is 11.3. The molecule has 0 radical (unpaired) electrons. The number of aromatic nitrogens is 1. The van der Waals surface area contributed by atoms with Crippen LogP contribution in [0.5, 0.6) is 11.6 Å². The summed E-state index contributed by atoms with van der Waals surface area (Å²) in [5.74, 6) is -1.63. The van der Waals surface area contributed by atoms with Crippen LogP contribution in [0.3, 0.4) is 0 Å². The first-order valence-corrected chi connectivity index (χ1v) is 17.5. The Morgan fingerprint density at radius 2 is 1.72 bits per heavy atom. The van der Waals surface area contributed by atoms with Crippen LogP contribution < -0.4 is 20.5 Å². The molecule has 1 saturated carbocycles. The predicted octanol–water partition coefficient (Wildman–Crippen LogP) is 5.65. The Balaban J connectivity index is 1.21. The molecule has 252 valence electrons. The number of primary amides is 1. The SMILES string of the molecule is CC(C)c1nc(Oc2ccc(NS(C)(=O)=O)cc2)ccc1CN1CCC(N(CC2CC2)C(=O)Nc2cc(C(N)=O)c(F)cc2F)CC1. The second-order valence-electron chi connectivity index (χ2n) is 12.6. The van der Waals surface area contributed by atoms with Crippen LogP contribution in [-0.2, 0) is 16.6 Å². The zero-order chi connectivity index (χ0) is 33.9. The number of carbonyl (C=O) groups is 2. The average molecular weight is 671 g/mol. The van der Waals surface area contributed by atoms with E-state index in [1.54, 1.807) is 29.2 Å². The van der Waals surface area contributed by atoms with E-state index < -0.39 is 39.2 Å². The van der Waals surface area contributed by atoms with Crippen molar-refractivity contribution in [2.45, 2.75) is 58.0 Å². The van der Waals surface area contributed by atoms with E-state index in [1.165, 1.54) is 0 Å². The van der Waals surface area contributed by atoms with Crippen molar-refractivity contribution >= 4 is 33.3 Å². The lowest BCUT2D eigenvalue weighted by atomic mass is 10.00. The number of nitrogens with zero attached hydrogens (tertiary/aromatic N) is 3. The van der Waals surface area contributed by atoms with E-state index in [4.69, 9.17) is 15.5 Å². The molecule has 1 aliphatic carbocycles. The van der Waals surface area contributed by atoms with Gasteiger partial charge >= 0.3 is 6.03 Å². The van der Waals surface area contributed by atoms with E-state index in [1.807, 2.05) is 12.1 Å². The van der Waals surface area contributed by atoms with E-state index in [0.717, 1.165) is 49.5 Å². The molecule has 0 bridgehead atoms. The number of nitrogens with two attached hydrogens (primary N) is 1. The number of hydrogen-bond donors (Lipinski definition) is 3. The maximum atomic E-state index is 14.5. The number of pyridine rings is 1. The molecular weight excluding hydrogens is 630 g/mol. The molecule has 4 N–H and O–H groups in total. The van der Waals surface area contributed by atoms with Crippen molar-refractivity contribution in [3.05, 3.63) is 77.0 Å². The predicted molar refractivity (Wildman–Crippen MR) is 175 cm³/mol. The lowest BCUT2D eigenvalue weighted by Gasteiger charge is -2.39. The van der Waals surface area contributed by atoms with Gasteiger partial charge in [-0.2, -0.15) is 0 Å². The smallest absolute Gasteiger partial charge is 0.322 e. The van der Waals surface area contributed by atoms with E-state index >= 15 is 0 Å². The van der Waals surface area contributed by atoms with Crippen LogP contribution in [-0.4, -0.2) is 67.1 Å². The van der Waals surface area contributed by atoms with Crippen LogP contribution >= 0.6 is 0 Å². The summed E-state index contributed by atoms with van der Waals surface area (Å²) in [6.45, 7) is 6.82. The fourth-order valence-corrected chi connectivity index (χ4v) is 6.29. The van der Waals surface area contributed by atoms with Gasteiger partial charge in [-0.3, -0.25) is 14.4 Å². The second-order valence-corrected chi connectivity index (χ2v) is 14.3. The van der Waals surface area contributed by atoms with Gasteiger partial charge in [-0.05, 0) is 73.4 Å². The number of amides is 3. The fourth-order valence-electron chi connectivity index (χ4n) is 5.73. The Hall–Kier alpha value is -4.30. The van der Waals surface area contributed by atoms with Crippen molar-refractivity contribution in [1.82, 2.24) is 14.8 Å². The van der Waals surface area contributed by atoms with Crippen LogP contribution in [0.25, 0.3) is 0 Å². The number of sulfonamides is 1. The van der Waals surface area contributed by atoms with Gasteiger partial charge in [0.2, 0.25) is 15.9 Å². The van der Waals surface area contributed by atoms with Gasteiger partial charge in [-0.1, -0.05) is 19.9 Å². The lowest BCUT2D eigenvalue weighted by Crippen LogP contribution is -2.49. The van der Waals surface area contributed by atoms with Crippen LogP contribution in [0.4, 0.5) is 25.0 Å². The van der Waals surface area contributed by atoms with Gasteiger partial charge < -0.3 is 20.7 Å². The minimum Gasteiger partial charge on any atom is -0.439 e. The van der Waals surface area contributed by atoms with E-state index in [2.05, 4.69) is 28.8 Å². The van der Waals surface area contributed by atoms with Gasteiger partial charge in [-0.15, -0.1) is 0 Å². The standard InChI is InChI=1S/C33H40F2N6O5S/c1-20(2)31-22(6-11-30(38-31)46-25-9-7-23(8-10-25)39-47(3,44)45)19-40-14-12-24(13-15-40)41(18-21-4-5-21)33(43)37-29-16-26(32(36)42)27(34)17-28(29)35/h6-11,16-17,20-21,24,39H,4-5,12-15,18-19H2,1-3H3,(H2,36,42)(H,37,43). The summed E-state index contributed by atoms with van der Waals surface area (Å²) in [5.41, 5.74) is 6.85. The number of anilines is 2. The first-order valence-electron chi connectivity index (χ1n) is 15.6. The normalized spacial score (nSPS) is 15.8. The highest BCUT2D eigenvalue weighted by molar-refractivity contribution is 7.92. The summed E-state index contributed by atoms with van der Waals surface area (Å²) in [6.07, 6.45) is 4.57. The first-order chi connectivity index (χ1) is 22.3. The van der Waals surface area contributed by atoms with E-state index in [9.17, 15) is 26.8 Å². The summed E-state index contributed by atoms with van der Waals surface area (Å²) in [5, 5.41) is 2.54. The summed E-state index contributed by atoms with van der Waals surface area (Å²) < 4.78 is 59.8. The highest BCUT2D eigenvalue weighted by atomic mass is 32.2. The highest BCUT2D eigenvalue weighted by Gasteiger charge is 2.34. The second kappa shape index (κ2) is 14.2. The van der Waals surface area contributed by atoms with Crippen LogP contribution in [0.15, 0.2) is 48.5 Å². The summed E-state index contributed by atoms with van der Waals surface area (Å²) >= 11 is 0. The number of hydrogen-bond acceptors (Lipinski definition) is 7. The molecule has 2 heterocycles. The quantitative estimate of drug-likeness (QED) is 0.226. The fraction of sp³-hybridized carbons (Fsp3) is 0.424. The topological polar surface area (TPSA) is 147 Å². The third-order valence-electron chi connectivity index (χ3n) is 8.28. The lowest BCUT2D eigenvalue weighted by molar-refractivity contribution is 0.0996. The molecule has 5 rings (SSSR count). The average Bonchev–Trinajstić information content (AvgIpc) is 3.83. The number of rotatable bonds is 12. The number of likely N-dealkylation sites (tertiary alicyclic amines) is 1. The minimum absolute atomic E-state index is 0.0662. The molecule has 47 heavy (non-hydrogen) atoms. The molecule has 2 fully saturated rings. The summed E-state index contributed by atoms with van der Waals surface area (Å²) in [7, 11) is -3.38. The zero-order valence-corrected chi connectivity index (χ0v) is 27.4. The number of halogens is 2. The molecule has 0 spiro atoms. The van der Waals surface area contributed by atoms with Crippen molar-refractivity contribution in [1.29, 1.82) is 0 Å². The number of carbonyl (C=O) groups excluding carboxylic acids is 2. The Kier molecular flexibility index (Phi) is 10.3. The van der Waals surface area contributed by atoms with Crippen LogP contribution in [0.2, 0.25) is 0 Å². The molecule has 1 aliphatic heterocycles. The third-order valence-corrected chi connectivity index (χ3v) is 8.89. The van der Waals surface area contributed by atoms with Crippen molar-refractivity contribution < 1.29 is 31.5 Å². The molecular formula is C33H40F2N6O5S. The molecule has 11 nitrogen and oxygen atoms in total. The van der Waals surface area contributed by atoms with Gasteiger partial charge in [0.15, 0.2) is 0 Å². The van der Waals surface area contributed by atoms with Crippen molar-refractivity contribution in [2.24, 2.45) is 11.7 Å². The van der Waals surface area contributed by atoms with Crippen molar-refractivity contribution in [3.8, 4) is 11.6 Å². The first kappa shape index (κ1) is 34.0. The number of urea groups is 1. The molecule has 2 aliphatic rings. The van der Waals surface area contributed by atoms with Gasteiger partial charge in [0, 0.05) is 50.0 Å². The highest BCUT2D eigenvalue weighted by Crippen LogP contribution is 2.33. The number of benzene rings is 2. The molecule has 1 aromatic heterocycles. The van der Waals surface area contributed by atoms with Crippen molar-refractivity contribution in [2.75, 3.05) is 35.9 Å². The molecule has 0 unspecified atom stereocenters. The number of ether oxygens (including phenoxy) is 1. The van der Waals surface area contributed by atoms with Gasteiger partial charge in [-0.25, -0.2) is 27.0 Å². The minimum atomic E-state index is -3.38. The Labute approximate surface area is 273 Å². The number of piperidine rings is 1. The number of nitrogens with one attached hydrogen (secondary N) is 2. The van der Waals surface area contributed by atoms with E-state index in [-0.39, 0.29) is 17.6 Å². The molecule has 2 aromatic carbocycles. The molecule has 14 heteroatoms. The Morgan fingerprint density at radius 1 is 1.04 bits per heavy atom. The molecule has 0 atom stereocenters. The van der Waals surface area contributed by atoms with Gasteiger partial charge in [0.1, 0.15) is 17.4 Å². The Bertz CT molecular complexity index is 1730. The van der Waals surface area contributed by atoms with E-state index in [0.29, 0.717) is 55.2 Å². The Morgan fingerprint density at radius 3 is 2.32 bits per heavy atom. The third kappa shape index (κ3) is 9.16. The van der Waals surface area contributed by atoms with Crippen LogP contribution in [0, 0.1) is 17.6 Å². The molecule has 3 amide bonds. The molecule has 3 aromatic rings. The van der Waals surface area contributed by atoms with Gasteiger partial charge in [0.05, 0.1) is 23.2 Å². The zero-order valence-electron chi connectivity index (χ0n) is 26.6. The van der Waals surface area contributed by atoms with Crippen molar-refractivity contribution in [3.63, 3.8) is 0 Å². The monoisotopic (exact) mass is 670 g/mol. The van der Waals surface area contributed by atoms with Crippen LogP contribution in [0.1, 0.15) is 67.1 Å². The van der Waals surface area contributed by atoms with Gasteiger partial charge in [0.25, 0.3) is 5.91 Å². The maximum Gasteiger partial charge on any atom is 0.322 e.